The summed E-state index contributed by atoms with van der Waals surface area (Å²) < 4.78 is 0. The number of piperidine rings is 2. The number of likely N-dealkylation sites (tertiary alicyclic amines) is 1. The minimum atomic E-state index is -0.282. The van der Waals surface area contributed by atoms with Crippen LogP contribution in [0.25, 0.3) is 0 Å². The molecule has 0 spiro atoms. The maximum atomic E-state index is 13.4. The van der Waals surface area contributed by atoms with Crippen LogP contribution in [0.1, 0.15) is 50.1 Å². The summed E-state index contributed by atoms with van der Waals surface area (Å²) in [4.78, 5) is 32.1. The molecule has 0 radical (unpaired) electrons. The van der Waals surface area contributed by atoms with Crippen molar-refractivity contribution < 1.29 is 9.59 Å². The Kier molecular flexibility index (Phi) is 5.72. The van der Waals surface area contributed by atoms with Gasteiger partial charge in [0.05, 0.1) is 12.0 Å². The van der Waals surface area contributed by atoms with E-state index in [-0.39, 0.29) is 23.8 Å². The molecule has 0 aromatic heterocycles. The molecule has 4 atom stereocenters. The van der Waals surface area contributed by atoms with E-state index in [0.717, 1.165) is 12.1 Å². The zero-order valence-corrected chi connectivity index (χ0v) is 17.2. The fourth-order valence-electron chi connectivity index (χ4n) is 5.71. The van der Waals surface area contributed by atoms with E-state index in [0.29, 0.717) is 18.4 Å². The Labute approximate surface area is 168 Å². The number of amides is 2. The molecule has 3 heterocycles. The number of nitrogens with zero attached hydrogens (tertiary/aromatic N) is 3. The Morgan fingerprint density at radius 2 is 1.86 bits per heavy atom. The van der Waals surface area contributed by atoms with Crippen molar-refractivity contribution in [2.45, 2.75) is 50.6 Å². The minimum Gasteiger partial charge on any atom is -0.345 e. The zero-order valence-electron chi connectivity index (χ0n) is 17.2. The van der Waals surface area contributed by atoms with Gasteiger partial charge in [0.25, 0.3) is 0 Å². The Bertz CT molecular complexity index is 705. The van der Waals surface area contributed by atoms with Gasteiger partial charge in [0.2, 0.25) is 11.8 Å². The topological polar surface area (TPSA) is 43.9 Å². The van der Waals surface area contributed by atoms with Crippen LogP contribution in [-0.2, 0) is 9.59 Å². The third-order valence-corrected chi connectivity index (χ3v) is 7.16. The Hall–Kier alpha value is -1.88. The summed E-state index contributed by atoms with van der Waals surface area (Å²) in [5.74, 6) is 0.472. The van der Waals surface area contributed by atoms with Crippen LogP contribution >= 0.6 is 0 Å². The largest absolute Gasteiger partial charge is 0.345 e. The van der Waals surface area contributed by atoms with Gasteiger partial charge in [0, 0.05) is 33.1 Å². The quantitative estimate of drug-likeness (QED) is 0.803. The lowest BCUT2D eigenvalue weighted by Gasteiger charge is -2.45. The maximum Gasteiger partial charge on any atom is 0.228 e. The predicted octanol–water partition coefficient (Wildman–Crippen LogP) is 2.93. The van der Waals surface area contributed by atoms with Gasteiger partial charge in [-0.3, -0.25) is 9.59 Å². The first-order valence-electron chi connectivity index (χ1n) is 10.9. The van der Waals surface area contributed by atoms with Crippen molar-refractivity contribution in [3.63, 3.8) is 0 Å². The van der Waals surface area contributed by atoms with Gasteiger partial charge in [0.1, 0.15) is 0 Å². The van der Waals surface area contributed by atoms with E-state index in [9.17, 15) is 9.59 Å². The zero-order chi connectivity index (χ0) is 19.7. The first-order chi connectivity index (χ1) is 13.6. The Balaban J connectivity index is 1.47. The van der Waals surface area contributed by atoms with Crippen molar-refractivity contribution in [1.29, 1.82) is 0 Å². The standard InChI is InChI=1S/C23H33N3O2/c1-24(16-18-11-8-14-26-13-7-6-12-20(18)26)23(28)19-15-21(27)25(2)22(19)17-9-4-3-5-10-17/h3-5,9-10,18-20,22H,6-8,11-16H2,1-2H3/t18-,19-,20+,22-/m0/s1. The lowest BCUT2D eigenvalue weighted by atomic mass is 9.83. The molecule has 0 aliphatic carbocycles. The second-order valence-corrected chi connectivity index (χ2v) is 8.89. The van der Waals surface area contributed by atoms with E-state index in [4.69, 9.17) is 0 Å². The number of fused-ring (bicyclic) bond motifs is 1. The van der Waals surface area contributed by atoms with Crippen molar-refractivity contribution in [3.8, 4) is 0 Å². The van der Waals surface area contributed by atoms with Crippen LogP contribution in [0.3, 0.4) is 0 Å². The summed E-state index contributed by atoms with van der Waals surface area (Å²) in [5.41, 5.74) is 1.05. The normalized spacial score (nSPS) is 30.9. The van der Waals surface area contributed by atoms with Gasteiger partial charge in [-0.05, 0) is 50.3 Å². The first kappa shape index (κ1) is 19.4. The van der Waals surface area contributed by atoms with E-state index >= 15 is 0 Å². The average Bonchev–Trinajstić information content (AvgIpc) is 3.03. The van der Waals surface area contributed by atoms with Crippen LogP contribution in [0, 0.1) is 11.8 Å². The molecule has 152 valence electrons. The summed E-state index contributed by atoms with van der Waals surface area (Å²) in [6, 6.07) is 10.5. The van der Waals surface area contributed by atoms with Crippen molar-refractivity contribution in [3.05, 3.63) is 35.9 Å². The highest BCUT2D eigenvalue weighted by atomic mass is 16.2. The number of benzene rings is 1. The van der Waals surface area contributed by atoms with Gasteiger partial charge < -0.3 is 14.7 Å². The Morgan fingerprint density at radius 3 is 2.64 bits per heavy atom. The summed E-state index contributed by atoms with van der Waals surface area (Å²) in [7, 11) is 3.77. The van der Waals surface area contributed by atoms with Gasteiger partial charge in [-0.15, -0.1) is 0 Å². The van der Waals surface area contributed by atoms with Crippen LogP contribution < -0.4 is 0 Å². The first-order valence-corrected chi connectivity index (χ1v) is 10.9. The van der Waals surface area contributed by atoms with Gasteiger partial charge in [-0.1, -0.05) is 36.8 Å². The van der Waals surface area contributed by atoms with E-state index in [1.807, 2.05) is 49.3 Å². The van der Waals surface area contributed by atoms with Crippen LogP contribution in [0.5, 0.6) is 0 Å². The van der Waals surface area contributed by atoms with Gasteiger partial charge in [-0.2, -0.15) is 0 Å². The van der Waals surface area contributed by atoms with Gasteiger partial charge >= 0.3 is 0 Å². The molecule has 5 heteroatoms. The molecule has 28 heavy (non-hydrogen) atoms. The van der Waals surface area contributed by atoms with Crippen LogP contribution in [0.2, 0.25) is 0 Å². The molecule has 3 aliphatic rings. The van der Waals surface area contributed by atoms with E-state index in [1.165, 1.54) is 45.2 Å². The lowest BCUT2D eigenvalue weighted by molar-refractivity contribution is -0.136. The number of rotatable bonds is 4. The molecule has 3 fully saturated rings. The fourth-order valence-corrected chi connectivity index (χ4v) is 5.71. The fraction of sp³-hybridized carbons (Fsp3) is 0.652. The smallest absolute Gasteiger partial charge is 0.228 e. The highest BCUT2D eigenvalue weighted by Gasteiger charge is 2.44. The lowest BCUT2D eigenvalue weighted by Crippen LogP contribution is -2.51. The molecule has 3 aliphatic heterocycles. The van der Waals surface area contributed by atoms with E-state index < -0.39 is 0 Å². The van der Waals surface area contributed by atoms with Gasteiger partial charge in [0.15, 0.2) is 0 Å². The molecule has 3 saturated heterocycles. The van der Waals surface area contributed by atoms with Crippen LogP contribution in [0.4, 0.5) is 0 Å². The van der Waals surface area contributed by atoms with Crippen LogP contribution in [0.15, 0.2) is 30.3 Å². The molecule has 0 bridgehead atoms. The number of carbonyl (C=O) groups is 2. The molecule has 0 N–H and O–H groups in total. The molecule has 4 rings (SSSR count). The molecular formula is C23H33N3O2. The van der Waals surface area contributed by atoms with Crippen molar-refractivity contribution in [2.24, 2.45) is 11.8 Å². The monoisotopic (exact) mass is 383 g/mol. The van der Waals surface area contributed by atoms with Crippen molar-refractivity contribution >= 4 is 11.8 Å². The summed E-state index contributed by atoms with van der Waals surface area (Å²) in [6.45, 7) is 3.25. The predicted molar refractivity (Wildman–Crippen MR) is 110 cm³/mol. The Morgan fingerprint density at radius 1 is 1.11 bits per heavy atom. The molecule has 2 amide bonds. The SMILES string of the molecule is CN(C[C@@H]1CCCN2CCCC[C@H]12)C(=O)[C@H]1CC(=O)N(C)[C@H]1c1ccccc1. The number of hydrogen-bond donors (Lipinski definition) is 0. The summed E-state index contributed by atoms with van der Waals surface area (Å²) in [6.07, 6.45) is 6.66. The highest BCUT2D eigenvalue weighted by molar-refractivity contribution is 5.90. The summed E-state index contributed by atoms with van der Waals surface area (Å²) in [5, 5.41) is 0. The van der Waals surface area contributed by atoms with Gasteiger partial charge in [-0.25, -0.2) is 0 Å². The minimum absolute atomic E-state index is 0.0664. The third-order valence-electron chi connectivity index (χ3n) is 7.16. The van der Waals surface area contributed by atoms with Crippen molar-refractivity contribution in [1.82, 2.24) is 14.7 Å². The number of hydrogen-bond acceptors (Lipinski definition) is 3. The van der Waals surface area contributed by atoms with Crippen LogP contribution in [-0.4, -0.2) is 66.3 Å². The van der Waals surface area contributed by atoms with E-state index in [1.54, 1.807) is 4.90 Å². The molecule has 0 saturated carbocycles. The van der Waals surface area contributed by atoms with E-state index in [2.05, 4.69) is 4.90 Å². The molecule has 1 aromatic rings. The second kappa shape index (κ2) is 8.24. The molecule has 5 nitrogen and oxygen atoms in total. The third kappa shape index (κ3) is 3.69. The summed E-state index contributed by atoms with van der Waals surface area (Å²) >= 11 is 0. The van der Waals surface area contributed by atoms with Crippen molar-refractivity contribution in [2.75, 3.05) is 33.7 Å². The second-order valence-electron chi connectivity index (χ2n) is 8.89. The molecule has 0 unspecified atom stereocenters. The maximum absolute atomic E-state index is 13.4. The highest BCUT2D eigenvalue weighted by Crippen LogP contribution is 2.38. The number of carbonyl (C=O) groups excluding carboxylic acids is 2. The molecule has 1 aromatic carbocycles. The average molecular weight is 384 g/mol. The molecular weight excluding hydrogens is 350 g/mol.